The topological polar surface area (TPSA) is 24.9 Å². The van der Waals surface area contributed by atoms with Gasteiger partial charge in [0.25, 0.3) is 0 Å². The normalized spacial score (nSPS) is 23.2. The summed E-state index contributed by atoms with van der Waals surface area (Å²) in [6.07, 6.45) is 7.17. The van der Waals surface area contributed by atoms with Crippen LogP contribution in [0.25, 0.3) is 10.6 Å². The van der Waals surface area contributed by atoms with E-state index in [1.165, 1.54) is 36.9 Å². The smallest absolute Gasteiger partial charge is 0.123 e. The van der Waals surface area contributed by atoms with Gasteiger partial charge < -0.3 is 5.32 Å². The van der Waals surface area contributed by atoms with Gasteiger partial charge in [0, 0.05) is 28.9 Å². The van der Waals surface area contributed by atoms with E-state index in [0.29, 0.717) is 6.04 Å². The lowest BCUT2D eigenvalue weighted by Crippen LogP contribution is -2.25. The summed E-state index contributed by atoms with van der Waals surface area (Å²) in [5.74, 6) is 0.908. The average molecular weight is 272 g/mol. The molecular weight excluding hydrogens is 252 g/mol. The van der Waals surface area contributed by atoms with E-state index in [1.54, 1.807) is 11.3 Å². The number of hydrogen-bond acceptors (Lipinski definition) is 3. The number of thiazole rings is 1. The number of rotatable bonds is 3. The molecule has 1 heterocycles. The fourth-order valence-electron chi connectivity index (χ4n) is 2.72. The first-order chi connectivity index (χ1) is 9.31. The van der Waals surface area contributed by atoms with Crippen molar-refractivity contribution < 1.29 is 0 Å². The summed E-state index contributed by atoms with van der Waals surface area (Å²) in [6, 6.07) is 9.32. The molecule has 1 aromatic heterocycles. The van der Waals surface area contributed by atoms with Crippen LogP contribution >= 0.6 is 11.3 Å². The van der Waals surface area contributed by atoms with Crippen LogP contribution in [-0.2, 0) is 0 Å². The largest absolute Gasteiger partial charge is 0.382 e. The second-order valence-corrected chi connectivity index (χ2v) is 6.41. The molecule has 3 heteroatoms. The Hall–Kier alpha value is -1.35. The highest BCUT2D eigenvalue weighted by molar-refractivity contribution is 7.13. The third kappa shape index (κ3) is 3.16. The number of benzene rings is 1. The molecule has 100 valence electrons. The van der Waals surface area contributed by atoms with E-state index in [-0.39, 0.29) is 0 Å². The summed E-state index contributed by atoms with van der Waals surface area (Å²) in [4.78, 5) is 4.34. The van der Waals surface area contributed by atoms with Crippen LogP contribution in [0.3, 0.4) is 0 Å². The molecule has 0 radical (unpaired) electrons. The minimum Gasteiger partial charge on any atom is -0.382 e. The number of nitrogens with zero attached hydrogens (tertiary/aromatic N) is 1. The molecule has 1 fully saturated rings. The van der Waals surface area contributed by atoms with Crippen molar-refractivity contribution in [2.75, 3.05) is 5.32 Å². The Labute approximate surface area is 118 Å². The van der Waals surface area contributed by atoms with E-state index in [2.05, 4.69) is 41.5 Å². The lowest BCUT2D eigenvalue weighted by molar-refractivity contribution is 0.361. The maximum absolute atomic E-state index is 4.34. The Bertz CT molecular complexity index is 496. The first-order valence-corrected chi connectivity index (χ1v) is 7.96. The van der Waals surface area contributed by atoms with Gasteiger partial charge in [-0.05, 0) is 55.9 Å². The van der Waals surface area contributed by atoms with Crippen LogP contribution in [0, 0.1) is 5.92 Å². The molecule has 1 aliphatic carbocycles. The lowest BCUT2D eigenvalue weighted by Gasteiger charge is -2.27. The Balaban J connectivity index is 1.63. The maximum Gasteiger partial charge on any atom is 0.123 e. The van der Waals surface area contributed by atoms with E-state index in [1.807, 2.05) is 11.6 Å². The van der Waals surface area contributed by atoms with Crippen molar-refractivity contribution in [1.29, 1.82) is 0 Å². The molecule has 1 aromatic carbocycles. The zero-order chi connectivity index (χ0) is 13.1. The zero-order valence-electron chi connectivity index (χ0n) is 11.3. The number of anilines is 1. The quantitative estimate of drug-likeness (QED) is 0.868. The van der Waals surface area contributed by atoms with Gasteiger partial charge in [-0.2, -0.15) is 0 Å². The fourth-order valence-corrected chi connectivity index (χ4v) is 3.36. The van der Waals surface area contributed by atoms with Crippen molar-refractivity contribution in [3.63, 3.8) is 0 Å². The molecule has 19 heavy (non-hydrogen) atoms. The summed E-state index contributed by atoms with van der Waals surface area (Å²) < 4.78 is 0. The molecule has 1 saturated carbocycles. The van der Waals surface area contributed by atoms with Gasteiger partial charge in [-0.25, -0.2) is 4.98 Å². The second kappa shape index (κ2) is 5.74. The van der Waals surface area contributed by atoms with Crippen LogP contribution in [0.2, 0.25) is 0 Å². The van der Waals surface area contributed by atoms with Crippen molar-refractivity contribution in [3.05, 3.63) is 35.8 Å². The van der Waals surface area contributed by atoms with Crippen LogP contribution < -0.4 is 5.32 Å². The van der Waals surface area contributed by atoms with Crippen LogP contribution in [0.5, 0.6) is 0 Å². The minimum atomic E-state index is 0.655. The highest BCUT2D eigenvalue weighted by atomic mass is 32.1. The SMILES string of the molecule is CC1CCC(Nc2ccc(-c3nccs3)cc2)CC1. The van der Waals surface area contributed by atoms with Crippen LogP contribution in [0.15, 0.2) is 35.8 Å². The molecule has 1 aliphatic rings. The minimum absolute atomic E-state index is 0.655. The van der Waals surface area contributed by atoms with Crippen molar-refractivity contribution >= 4 is 17.0 Å². The summed E-state index contributed by atoms with van der Waals surface area (Å²) >= 11 is 1.69. The predicted octanol–water partition coefficient (Wildman–Crippen LogP) is 4.80. The van der Waals surface area contributed by atoms with Gasteiger partial charge in [-0.3, -0.25) is 0 Å². The highest BCUT2D eigenvalue weighted by Gasteiger charge is 2.17. The summed E-state index contributed by atoms with van der Waals surface area (Å²) in [6.45, 7) is 2.36. The Morgan fingerprint density at radius 2 is 1.84 bits per heavy atom. The molecule has 0 amide bonds. The van der Waals surface area contributed by atoms with E-state index < -0.39 is 0 Å². The van der Waals surface area contributed by atoms with Gasteiger partial charge in [-0.1, -0.05) is 6.92 Å². The van der Waals surface area contributed by atoms with Crippen molar-refractivity contribution in [3.8, 4) is 10.6 Å². The molecular formula is C16H20N2S. The van der Waals surface area contributed by atoms with Crippen LogP contribution in [0.4, 0.5) is 5.69 Å². The second-order valence-electron chi connectivity index (χ2n) is 5.52. The monoisotopic (exact) mass is 272 g/mol. The Morgan fingerprint density at radius 3 is 2.47 bits per heavy atom. The third-order valence-corrected chi connectivity index (χ3v) is 4.77. The van der Waals surface area contributed by atoms with Gasteiger partial charge in [0.05, 0.1) is 0 Å². The van der Waals surface area contributed by atoms with Crippen LogP contribution in [-0.4, -0.2) is 11.0 Å². The Morgan fingerprint density at radius 1 is 1.11 bits per heavy atom. The molecule has 1 N–H and O–H groups in total. The fraction of sp³-hybridized carbons (Fsp3) is 0.438. The Kier molecular flexibility index (Phi) is 3.83. The van der Waals surface area contributed by atoms with Gasteiger partial charge in [0.15, 0.2) is 0 Å². The van der Waals surface area contributed by atoms with Crippen molar-refractivity contribution in [1.82, 2.24) is 4.98 Å². The summed E-state index contributed by atoms with van der Waals surface area (Å²) in [7, 11) is 0. The first-order valence-electron chi connectivity index (χ1n) is 7.08. The third-order valence-electron chi connectivity index (χ3n) is 3.95. The highest BCUT2D eigenvalue weighted by Crippen LogP contribution is 2.27. The van der Waals surface area contributed by atoms with E-state index in [9.17, 15) is 0 Å². The molecule has 0 unspecified atom stereocenters. The summed E-state index contributed by atoms with van der Waals surface area (Å²) in [5.41, 5.74) is 2.44. The van der Waals surface area contributed by atoms with Gasteiger partial charge in [0.2, 0.25) is 0 Å². The molecule has 2 nitrogen and oxygen atoms in total. The molecule has 0 saturated heterocycles. The van der Waals surface area contributed by atoms with Gasteiger partial charge in [-0.15, -0.1) is 11.3 Å². The van der Waals surface area contributed by atoms with E-state index in [4.69, 9.17) is 0 Å². The van der Waals surface area contributed by atoms with Crippen molar-refractivity contribution in [2.24, 2.45) is 5.92 Å². The molecule has 0 spiro atoms. The average Bonchev–Trinajstić information content (AvgIpc) is 2.96. The molecule has 0 aliphatic heterocycles. The maximum atomic E-state index is 4.34. The number of aromatic nitrogens is 1. The summed E-state index contributed by atoms with van der Waals surface area (Å²) in [5, 5.41) is 6.77. The number of nitrogens with one attached hydrogen (secondary N) is 1. The molecule has 2 aromatic rings. The lowest BCUT2D eigenvalue weighted by atomic mass is 9.87. The van der Waals surface area contributed by atoms with E-state index in [0.717, 1.165) is 10.9 Å². The predicted molar refractivity (Wildman–Crippen MR) is 82.6 cm³/mol. The van der Waals surface area contributed by atoms with Gasteiger partial charge in [0.1, 0.15) is 5.01 Å². The standard InChI is InChI=1S/C16H20N2S/c1-12-2-6-14(7-3-12)18-15-8-4-13(5-9-15)16-17-10-11-19-16/h4-5,8-12,14,18H,2-3,6-7H2,1H3. The molecule has 0 atom stereocenters. The molecule has 0 bridgehead atoms. The molecule has 3 rings (SSSR count). The van der Waals surface area contributed by atoms with Crippen LogP contribution in [0.1, 0.15) is 32.6 Å². The van der Waals surface area contributed by atoms with E-state index >= 15 is 0 Å². The van der Waals surface area contributed by atoms with Crippen molar-refractivity contribution in [2.45, 2.75) is 38.6 Å². The first kappa shape index (κ1) is 12.7. The zero-order valence-corrected chi connectivity index (χ0v) is 12.1. The number of hydrogen-bond donors (Lipinski definition) is 1. The van der Waals surface area contributed by atoms with Gasteiger partial charge >= 0.3 is 0 Å².